The van der Waals surface area contributed by atoms with Crippen LogP contribution in [0.1, 0.15) is 11.1 Å². The van der Waals surface area contributed by atoms with Gasteiger partial charge in [0.15, 0.2) is 6.61 Å². The van der Waals surface area contributed by atoms with Gasteiger partial charge in [0.25, 0.3) is 5.91 Å². The van der Waals surface area contributed by atoms with Crippen molar-refractivity contribution in [3.8, 4) is 5.75 Å². The molecule has 0 bridgehead atoms. The van der Waals surface area contributed by atoms with Crippen LogP contribution in [-0.2, 0) is 14.6 Å². The van der Waals surface area contributed by atoms with Crippen molar-refractivity contribution >= 4 is 15.7 Å². The molecule has 0 aliphatic carbocycles. The van der Waals surface area contributed by atoms with Crippen molar-refractivity contribution in [1.82, 2.24) is 9.80 Å². The molecular weight excluding hydrogens is 328 g/mol. The molecule has 134 valence electrons. The Balaban J connectivity index is 1.75. The molecule has 1 heterocycles. The van der Waals surface area contributed by atoms with Crippen molar-refractivity contribution in [3.05, 3.63) is 29.3 Å². The molecule has 0 saturated carbocycles. The Labute approximate surface area is 144 Å². The molecule has 1 saturated heterocycles. The first-order valence-electron chi connectivity index (χ1n) is 8.12. The molecule has 2 rings (SSSR count). The van der Waals surface area contributed by atoms with Crippen molar-refractivity contribution in [2.45, 2.75) is 13.8 Å². The molecule has 6 nitrogen and oxygen atoms in total. The van der Waals surface area contributed by atoms with Gasteiger partial charge in [-0.25, -0.2) is 8.42 Å². The van der Waals surface area contributed by atoms with Gasteiger partial charge in [0.2, 0.25) is 0 Å². The Bertz CT molecular complexity index is 680. The number of ether oxygens (including phenoxy) is 1. The Kier molecular flexibility index (Phi) is 6.23. The van der Waals surface area contributed by atoms with Gasteiger partial charge in [-0.1, -0.05) is 6.07 Å². The van der Waals surface area contributed by atoms with Crippen LogP contribution in [-0.4, -0.2) is 75.5 Å². The predicted molar refractivity (Wildman–Crippen MR) is 94.1 cm³/mol. The molecule has 0 aromatic heterocycles. The van der Waals surface area contributed by atoms with E-state index in [2.05, 4.69) is 4.90 Å². The number of sulfone groups is 1. The average Bonchev–Trinajstić information content (AvgIpc) is 2.53. The van der Waals surface area contributed by atoms with Crippen molar-refractivity contribution in [2.75, 3.05) is 51.3 Å². The minimum atomic E-state index is -2.94. The molecule has 1 aromatic carbocycles. The van der Waals surface area contributed by atoms with E-state index in [0.717, 1.165) is 5.56 Å². The molecule has 0 N–H and O–H groups in total. The maximum Gasteiger partial charge on any atom is 0.260 e. The third-order valence-corrected chi connectivity index (χ3v) is 5.27. The van der Waals surface area contributed by atoms with Gasteiger partial charge in [0.05, 0.1) is 5.75 Å². The van der Waals surface area contributed by atoms with Gasteiger partial charge < -0.3 is 9.64 Å². The molecule has 1 aliphatic rings. The van der Waals surface area contributed by atoms with Gasteiger partial charge >= 0.3 is 0 Å². The third-order valence-electron chi connectivity index (χ3n) is 4.34. The van der Waals surface area contributed by atoms with Crippen molar-refractivity contribution in [3.63, 3.8) is 0 Å². The summed E-state index contributed by atoms with van der Waals surface area (Å²) < 4.78 is 28.0. The number of carbonyl (C=O) groups excluding carboxylic acids is 1. The van der Waals surface area contributed by atoms with Crippen LogP contribution < -0.4 is 4.74 Å². The highest BCUT2D eigenvalue weighted by atomic mass is 32.2. The molecular formula is C17H26N2O4S. The second kappa shape index (κ2) is 7.98. The topological polar surface area (TPSA) is 66.9 Å². The first kappa shape index (κ1) is 18.7. The van der Waals surface area contributed by atoms with Gasteiger partial charge in [0.1, 0.15) is 15.6 Å². The Morgan fingerprint density at radius 1 is 1.12 bits per heavy atom. The average molecular weight is 354 g/mol. The van der Waals surface area contributed by atoms with E-state index < -0.39 is 9.84 Å². The van der Waals surface area contributed by atoms with Crippen molar-refractivity contribution < 1.29 is 17.9 Å². The number of piperazine rings is 1. The van der Waals surface area contributed by atoms with E-state index in [9.17, 15) is 13.2 Å². The molecule has 1 amide bonds. The van der Waals surface area contributed by atoms with Gasteiger partial charge in [0, 0.05) is 39.0 Å². The number of amides is 1. The van der Waals surface area contributed by atoms with Gasteiger partial charge in [-0.15, -0.1) is 0 Å². The van der Waals surface area contributed by atoms with Crippen LogP contribution >= 0.6 is 0 Å². The number of hydrogen-bond donors (Lipinski definition) is 0. The highest BCUT2D eigenvalue weighted by molar-refractivity contribution is 7.90. The molecule has 1 aliphatic heterocycles. The summed E-state index contributed by atoms with van der Waals surface area (Å²) in [6, 6.07) is 5.79. The molecule has 7 heteroatoms. The number of rotatable bonds is 6. The first-order valence-corrected chi connectivity index (χ1v) is 10.2. The van der Waals surface area contributed by atoms with Crippen LogP contribution in [0.25, 0.3) is 0 Å². The minimum absolute atomic E-state index is 0.0315. The molecule has 0 radical (unpaired) electrons. The fraction of sp³-hybridized carbons (Fsp3) is 0.588. The fourth-order valence-electron chi connectivity index (χ4n) is 2.56. The summed E-state index contributed by atoms with van der Waals surface area (Å²) in [6.07, 6.45) is 1.25. The Hall–Kier alpha value is -1.60. The minimum Gasteiger partial charge on any atom is -0.484 e. The van der Waals surface area contributed by atoms with Crippen LogP contribution in [0.5, 0.6) is 5.75 Å². The van der Waals surface area contributed by atoms with E-state index in [1.54, 1.807) is 4.90 Å². The highest BCUT2D eigenvalue weighted by Crippen LogP contribution is 2.16. The third kappa shape index (κ3) is 5.79. The van der Waals surface area contributed by atoms with Crippen LogP contribution in [0.2, 0.25) is 0 Å². The number of benzene rings is 1. The fourth-order valence-corrected chi connectivity index (χ4v) is 3.15. The summed E-state index contributed by atoms with van der Waals surface area (Å²) in [5.74, 6) is 0.839. The Morgan fingerprint density at radius 3 is 2.38 bits per heavy atom. The lowest BCUT2D eigenvalue weighted by atomic mass is 10.1. The number of aryl methyl sites for hydroxylation is 2. The molecule has 24 heavy (non-hydrogen) atoms. The van der Waals surface area contributed by atoms with Gasteiger partial charge in [-0.2, -0.15) is 0 Å². The monoisotopic (exact) mass is 354 g/mol. The SMILES string of the molecule is Cc1ccc(OCC(=O)N2CCN(CCS(C)(=O)=O)CC2)cc1C. The lowest BCUT2D eigenvalue weighted by molar-refractivity contribution is -0.135. The summed E-state index contributed by atoms with van der Waals surface area (Å²) in [5.41, 5.74) is 2.33. The lowest BCUT2D eigenvalue weighted by Gasteiger charge is -2.34. The van der Waals surface area contributed by atoms with Crippen LogP contribution in [0.4, 0.5) is 0 Å². The van der Waals surface area contributed by atoms with Crippen LogP contribution in [0.3, 0.4) is 0 Å². The maximum atomic E-state index is 12.2. The van der Waals surface area contributed by atoms with E-state index in [1.807, 2.05) is 32.0 Å². The van der Waals surface area contributed by atoms with E-state index in [0.29, 0.717) is 38.5 Å². The number of nitrogens with zero attached hydrogens (tertiary/aromatic N) is 2. The zero-order valence-electron chi connectivity index (χ0n) is 14.6. The molecule has 0 spiro atoms. The summed E-state index contributed by atoms with van der Waals surface area (Å²) in [4.78, 5) is 16.1. The standard InChI is InChI=1S/C17H26N2O4S/c1-14-4-5-16(12-15(14)2)23-13-17(20)19-8-6-18(7-9-19)10-11-24(3,21)22/h4-5,12H,6-11,13H2,1-3H3. The van der Waals surface area contributed by atoms with E-state index >= 15 is 0 Å². The zero-order valence-corrected chi connectivity index (χ0v) is 15.4. The molecule has 0 atom stereocenters. The van der Waals surface area contributed by atoms with E-state index in [-0.39, 0.29) is 18.3 Å². The quantitative estimate of drug-likeness (QED) is 0.758. The van der Waals surface area contributed by atoms with Crippen LogP contribution in [0, 0.1) is 13.8 Å². The number of hydrogen-bond acceptors (Lipinski definition) is 5. The highest BCUT2D eigenvalue weighted by Gasteiger charge is 2.21. The summed E-state index contributed by atoms with van der Waals surface area (Å²) in [6.45, 7) is 7.23. The number of carbonyl (C=O) groups is 1. The largest absolute Gasteiger partial charge is 0.484 e. The maximum absolute atomic E-state index is 12.2. The second-order valence-corrected chi connectivity index (χ2v) is 8.65. The second-order valence-electron chi connectivity index (χ2n) is 6.39. The lowest BCUT2D eigenvalue weighted by Crippen LogP contribution is -2.50. The van der Waals surface area contributed by atoms with Gasteiger partial charge in [-0.05, 0) is 37.1 Å². The summed E-state index contributed by atoms with van der Waals surface area (Å²) >= 11 is 0. The predicted octanol–water partition coefficient (Wildman–Crippen LogP) is 0.871. The first-order chi connectivity index (χ1) is 11.2. The normalized spacial score (nSPS) is 16.2. The summed E-state index contributed by atoms with van der Waals surface area (Å²) in [7, 11) is -2.94. The van der Waals surface area contributed by atoms with Crippen LogP contribution in [0.15, 0.2) is 18.2 Å². The zero-order chi connectivity index (χ0) is 17.7. The molecule has 0 unspecified atom stereocenters. The Morgan fingerprint density at radius 2 is 1.79 bits per heavy atom. The molecule has 1 fully saturated rings. The van der Waals surface area contributed by atoms with E-state index in [1.165, 1.54) is 11.8 Å². The summed E-state index contributed by atoms with van der Waals surface area (Å²) in [5, 5.41) is 0. The molecule has 1 aromatic rings. The van der Waals surface area contributed by atoms with E-state index in [4.69, 9.17) is 4.74 Å². The van der Waals surface area contributed by atoms with Crippen molar-refractivity contribution in [1.29, 1.82) is 0 Å². The van der Waals surface area contributed by atoms with Crippen molar-refractivity contribution in [2.24, 2.45) is 0 Å². The smallest absolute Gasteiger partial charge is 0.260 e. The van der Waals surface area contributed by atoms with Gasteiger partial charge in [-0.3, -0.25) is 9.69 Å².